The van der Waals surface area contributed by atoms with Crippen LogP contribution in [0.3, 0.4) is 0 Å². The number of hydrogen-bond donors (Lipinski definition) is 1. The first-order valence-corrected chi connectivity index (χ1v) is 10.1. The summed E-state index contributed by atoms with van der Waals surface area (Å²) in [6.07, 6.45) is 20.9. The fourth-order valence-corrected chi connectivity index (χ4v) is 3.27. The number of allylic oxidation sites excluding steroid dienone is 6. The highest BCUT2D eigenvalue weighted by molar-refractivity contribution is 5.33. The molecule has 146 valence electrons. The molecule has 2 heteroatoms. The minimum absolute atomic E-state index is 0.132. The highest BCUT2D eigenvalue weighted by atomic mass is 15.1. The fraction of sp³-hybridized carbons (Fsp3) is 0.583. The number of hydrogen-bond acceptors (Lipinski definition) is 2. The quantitative estimate of drug-likeness (QED) is 0.444. The number of nitrogens with one attached hydrogen (secondary N) is 1. The summed E-state index contributed by atoms with van der Waals surface area (Å²) in [7, 11) is 2.20. The molecule has 1 aliphatic carbocycles. The van der Waals surface area contributed by atoms with Gasteiger partial charge >= 0.3 is 0 Å². The topological polar surface area (TPSA) is 15.3 Å². The Balaban J connectivity index is 2.51. The van der Waals surface area contributed by atoms with Crippen LogP contribution in [0.25, 0.3) is 0 Å². The van der Waals surface area contributed by atoms with Gasteiger partial charge < -0.3 is 10.2 Å². The van der Waals surface area contributed by atoms with Crippen molar-refractivity contribution in [1.29, 1.82) is 0 Å². The van der Waals surface area contributed by atoms with E-state index in [1.165, 1.54) is 5.57 Å². The molecule has 1 aliphatic rings. The van der Waals surface area contributed by atoms with Gasteiger partial charge in [0.25, 0.3) is 0 Å². The molecule has 0 heterocycles. The maximum Gasteiger partial charge on any atom is 0.0322 e. The molecule has 0 radical (unpaired) electrons. The van der Waals surface area contributed by atoms with Crippen LogP contribution >= 0.6 is 0 Å². The smallest absolute Gasteiger partial charge is 0.0322 e. The molecular formula is C24H40N2. The molecule has 26 heavy (non-hydrogen) atoms. The maximum atomic E-state index is 3.92. The third-order valence-corrected chi connectivity index (χ3v) is 5.00. The highest BCUT2D eigenvalue weighted by Crippen LogP contribution is 2.25. The summed E-state index contributed by atoms with van der Waals surface area (Å²) in [5, 5.41) is 3.92. The maximum absolute atomic E-state index is 3.92. The molecule has 1 rings (SSSR count). The first-order chi connectivity index (χ1) is 12.4. The van der Waals surface area contributed by atoms with E-state index < -0.39 is 0 Å². The lowest BCUT2D eigenvalue weighted by molar-refractivity contribution is 0.269. The lowest BCUT2D eigenvalue weighted by Gasteiger charge is -2.35. The average molecular weight is 357 g/mol. The largest absolute Gasteiger partial charge is 0.305 e. The average Bonchev–Trinajstić information content (AvgIpc) is 2.62. The number of nitrogens with zero attached hydrogens (tertiary/aromatic N) is 1. The van der Waals surface area contributed by atoms with Gasteiger partial charge in [-0.15, -0.1) is 6.58 Å². The first kappa shape index (κ1) is 22.7. The van der Waals surface area contributed by atoms with Gasteiger partial charge in [0.05, 0.1) is 0 Å². The molecule has 0 bridgehead atoms. The molecule has 0 aliphatic heterocycles. The standard InChI is InChI=1S/C24H40N2/c1-7-10-12-13-18-26(6)19-17-24(4,5)25-23-16-15-21(14-11-8-2)20-22(23)9-3/h7-8,11-13,15,20,23,25H,1,9-10,14,16-19H2,2-6H3/b11-8+,13-12-. The summed E-state index contributed by atoms with van der Waals surface area (Å²) in [5.74, 6) is 0. The van der Waals surface area contributed by atoms with E-state index in [1.807, 2.05) is 6.08 Å². The minimum Gasteiger partial charge on any atom is -0.305 e. The van der Waals surface area contributed by atoms with Crippen LogP contribution in [-0.4, -0.2) is 36.6 Å². The van der Waals surface area contributed by atoms with E-state index in [0.29, 0.717) is 6.04 Å². The van der Waals surface area contributed by atoms with Crippen molar-refractivity contribution < 1.29 is 0 Å². The van der Waals surface area contributed by atoms with Gasteiger partial charge in [0, 0.05) is 18.1 Å². The van der Waals surface area contributed by atoms with E-state index in [1.54, 1.807) is 5.57 Å². The van der Waals surface area contributed by atoms with Crippen molar-refractivity contribution in [2.45, 2.75) is 71.4 Å². The molecule has 1 N–H and O–H groups in total. The Morgan fingerprint density at radius 2 is 2.08 bits per heavy atom. The van der Waals surface area contributed by atoms with E-state index in [2.05, 4.69) is 88.0 Å². The molecule has 0 saturated carbocycles. The van der Waals surface area contributed by atoms with Gasteiger partial charge in [0.1, 0.15) is 0 Å². The van der Waals surface area contributed by atoms with Crippen molar-refractivity contribution in [3.8, 4) is 0 Å². The summed E-state index contributed by atoms with van der Waals surface area (Å²) < 4.78 is 0. The van der Waals surface area contributed by atoms with Crippen LogP contribution in [0.4, 0.5) is 0 Å². The lowest BCUT2D eigenvalue weighted by Crippen LogP contribution is -2.48. The molecule has 2 nitrogen and oxygen atoms in total. The van der Waals surface area contributed by atoms with Crippen LogP contribution in [0.15, 0.2) is 60.3 Å². The van der Waals surface area contributed by atoms with Crippen molar-refractivity contribution in [2.24, 2.45) is 0 Å². The predicted octanol–water partition coefficient (Wildman–Crippen LogP) is 5.81. The highest BCUT2D eigenvalue weighted by Gasteiger charge is 2.25. The molecule has 0 aromatic heterocycles. The summed E-state index contributed by atoms with van der Waals surface area (Å²) in [6, 6.07) is 0.474. The van der Waals surface area contributed by atoms with Gasteiger partial charge in [-0.25, -0.2) is 0 Å². The second-order valence-corrected chi connectivity index (χ2v) is 7.95. The van der Waals surface area contributed by atoms with Gasteiger partial charge in [-0.3, -0.25) is 0 Å². The zero-order valence-corrected chi connectivity index (χ0v) is 17.7. The lowest BCUT2D eigenvalue weighted by atomic mass is 9.88. The monoisotopic (exact) mass is 356 g/mol. The molecular weight excluding hydrogens is 316 g/mol. The van der Waals surface area contributed by atoms with E-state index in [4.69, 9.17) is 0 Å². The second-order valence-electron chi connectivity index (χ2n) is 7.95. The van der Waals surface area contributed by atoms with Crippen molar-refractivity contribution in [3.05, 3.63) is 60.3 Å². The molecule has 0 spiro atoms. The molecule has 1 unspecified atom stereocenters. The van der Waals surface area contributed by atoms with Crippen LogP contribution in [0.1, 0.15) is 59.8 Å². The molecule has 0 aromatic rings. The van der Waals surface area contributed by atoms with E-state index >= 15 is 0 Å². The Bertz CT molecular complexity index is 534. The molecule has 0 amide bonds. The van der Waals surface area contributed by atoms with Crippen LogP contribution in [-0.2, 0) is 0 Å². The Morgan fingerprint density at radius 1 is 1.31 bits per heavy atom. The van der Waals surface area contributed by atoms with Crippen molar-refractivity contribution >= 4 is 0 Å². The van der Waals surface area contributed by atoms with Gasteiger partial charge in [-0.05, 0) is 72.0 Å². The van der Waals surface area contributed by atoms with Crippen LogP contribution in [0.5, 0.6) is 0 Å². The van der Waals surface area contributed by atoms with E-state index in [0.717, 1.165) is 45.2 Å². The van der Waals surface area contributed by atoms with Gasteiger partial charge in [0.2, 0.25) is 0 Å². The van der Waals surface area contributed by atoms with Gasteiger partial charge in [-0.1, -0.05) is 55.0 Å². The Hall–Kier alpha value is -1.38. The fourth-order valence-electron chi connectivity index (χ4n) is 3.27. The zero-order chi connectivity index (χ0) is 19.4. The summed E-state index contributed by atoms with van der Waals surface area (Å²) in [6.45, 7) is 14.9. The second kappa shape index (κ2) is 12.1. The third kappa shape index (κ3) is 8.82. The number of likely N-dealkylation sites (N-methyl/N-ethyl adjacent to an activating group) is 1. The third-order valence-electron chi connectivity index (χ3n) is 5.00. The van der Waals surface area contributed by atoms with Crippen molar-refractivity contribution in [2.75, 3.05) is 20.1 Å². The van der Waals surface area contributed by atoms with Crippen LogP contribution in [0.2, 0.25) is 0 Å². The molecule has 0 saturated heterocycles. The molecule has 0 fully saturated rings. The van der Waals surface area contributed by atoms with Crippen LogP contribution in [0, 0.1) is 0 Å². The molecule has 1 atom stereocenters. The predicted molar refractivity (Wildman–Crippen MR) is 118 cm³/mol. The minimum atomic E-state index is 0.132. The Morgan fingerprint density at radius 3 is 2.73 bits per heavy atom. The van der Waals surface area contributed by atoms with Crippen molar-refractivity contribution in [1.82, 2.24) is 10.2 Å². The Labute approximate surface area is 162 Å². The first-order valence-electron chi connectivity index (χ1n) is 10.1. The normalized spacial score (nSPS) is 18.6. The number of rotatable bonds is 12. The SMILES string of the molecule is C=CC/C=C\CN(C)CCC(C)(C)NC1CC=C(C/C=C/C)C=C1CC. The van der Waals surface area contributed by atoms with E-state index in [-0.39, 0.29) is 5.54 Å². The summed E-state index contributed by atoms with van der Waals surface area (Å²) >= 11 is 0. The van der Waals surface area contributed by atoms with Gasteiger partial charge in [0.15, 0.2) is 0 Å². The zero-order valence-electron chi connectivity index (χ0n) is 17.7. The Kier molecular flexibility index (Phi) is 10.5. The molecule has 0 aromatic carbocycles. The van der Waals surface area contributed by atoms with Gasteiger partial charge in [-0.2, -0.15) is 0 Å². The summed E-state index contributed by atoms with van der Waals surface area (Å²) in [5.41, 5.74) is 3.13. The summed E-state index contributed by atoms with van der Waals surface area (Å²) in [4.78, 5) is 2.38. The van der Waals surface area contributed by atoms with E-state index in [9.17, 15) is 0 Å². The van der Waals surface area contributed by atoms with Crippen LogP contribution < -0.4 is 5.32 Å². The van der Waals surface area contributed by atoms with Crippen molar-refractivity contribution in [3.63, 3.8) is 0 Å².